The number of rotatable bonds is 3. The number of halogens is 4. The fourth-order valence-electron chi connectivity index (χ4n) is 2.52. The van der Waals surface area contributed by atoms with Crippen LogP contribution in [-0.4, -0.2) is 34.7 Å². The third-order valence-electron chi connectivity index (χ3n) is 3.59. The summed E-state index contributed by atoms with van der Waals surface area (Å²) in [6, 6.07) is 3.39. The lowest BCUT2D eigenvalue weighted by Gasteiger charge is -2.45. The van der Waals surface area contributed by atoms with E-state index < -0.39 is 40.8 Å². The molecular weight excluding hydrogens is 352 g/mol. The topological polar surface area (TPSA) is 70.6 Å². The van der Waals surface area contributed by atoms with Gasteiger partial charge in [-0.2, -0.15) is 13.2 Å². The van der Waals surface area contributed by atoms with Crippen LogP contribution in [0.4, 0.5) is 17.6 Å². The Kier molecular flexibility index (Phi) is 5.00. The number of hydrogen-bond donors (Lipinski definition) is 3. The van der Waals surface area contributed by atoms with E-state index in [1.165, 1.54) is 25.1 Å². The normalized spacial score (nSPS) is 27.2. The third-order valence-corrected chi connectivity index (χ3v) is 3.81. The highest BCUT2D eigenvalue weighted by Gasteiger charge is 2.66. The van der Waals surface area contributed by atoms with E-state index in [2.05, 4.69) is 10.1 Å². The van der Waals surface area contributed by atoms with Gasteiger partial charge in [-0.25, -0.2) is 4.39 Å². The molecule has 2 rings (SSSR count). The van der Waals surface area contributed by atoms with Crippen LogP contribution in [-0.2, 0) is 9.53 Å². The van der Waals surface area contributed by atoms with Gasteiger partial charge in [0, 0.05) is 5.56 Å². The Morgan fingerprint density at radius 3 is 2.58 bits per heavy atom. The fourth-order valence-corrected chi connectivity index (χ4v) is 2.81. The van der Waals surface area contributed by atoms with Gasteiger partial charge in [-0.15, -0.1) is 0 Å². The first kappa shape index (κ1) is 18.4. The quantitative estimate of drug-likeness (QED) is 0.430. The zero-order valence-corrected chi connectivity index (χ0v) is 13.2. The van der Waals surface area contributed by atoms with Crippen molar-refractivity contribution in [1.82, 2.24) is 10.6 Å². The van der Waals surface area contributed by atoms with Crippen LogP contribution in [0.2, 0.25) is 0 Å². The van der Waals surface area contributed by atoms with Crippen LogP contribution in [0.25, 0.3) is 0 Å². The smallest absolute Gasteiger partial charge is 0.437 e. The van der Waals surface area contributed by atoms with Crippen LogP contribution in [0.1, 0.15) is 18.5 Å². The molecule has 0 radical (unpaired) electrons. The molecule has 1 aliphatic rings. The summed E-state index contributed by atoms with van der Waals surface area (Å²) in [6.07, 6.45) is -5.26. The van der Waals surface area contributed by atoms with Crippen molar-refractivity contribution in [1.29, 1.82) is 0 Å². The molecule has 1 heterocycles. The summed E-state index contributed by atoms with van der Waals surface area (Å²) in [7, 11) is 0. The van der Waals surface area contributed by atoms with E-state index in [-0.39, 0.29) is 12.2 Å². The Bertz CT molecular complexity index is 655. The van der Waals surface area contributed by atoms with Crippen LogP contribution >= 0.6 is 12.2 Å². The summed E-state index contributed by atoms with van der Waals surface area (Å²) in [4.78, 5) is 12.1. The van der Waals surface area contributed by atoms with E-state index in [4.69, 9.17) is 12.2 Å². The number of thiocarbonyl (C=S) groups is 1. The largest absolute Gasteiger partial charge is 0.466 e. The van der Waals surface area contributed by atoms with Crippen LogP contribution in [0.15, 0.2) is 24.3 Å². The number of benzene rings is 1. The van der Waals surface area contributed by atoms with E-state index in [9.17, 15) is 27.5 Å². The molecule has 5 nitrogen and oxygen atoms in total. The van der Waals surface area contributed by atoms with Crippen LogP contribution in [0.5, 0.6) is 0 Å². The van der Waals surface area contributed by atoms with E-state index in [0.717, 1.165) is 6.07 Å². The third kappa shape index (κ3) is 3.16. The molecule has 3 atom stereocenters. The van der Waals surface area contributed by atoms with E-state index in [1.807, 2.05) is 0 Å². The van der Waals surface area contributed by atoms with E-state index in [1.54, 1.807) is 5.32 Å². The summed E-state index contributed by atoms with van der Waals surface area (Å²) in [5, 5.41) is 13.7. The average Bonchev–Trinajstić information content (AvgIpc) is 2.45. The summed E-state index contributed by atoms with van der Waals surface area (Å²) in [5.74, 6) is -4.40. The molecular formula is C14H14F4N2O3S. The van der Waals surface area contributed by atoms with Gasteiger partial charge in [-0.05, 0) is 25.2 Å². The molecule has 0 amide bonds. The minimum Gasteiger partial charge on any atom is -0.466 e. The molecule has 1 saturated heterocycles. The highest BCUT2D eigenvalue weighted by molar-refractivity contribution is 7.80. The minimum absolute atomic E-state index is 0.211. The summed E-state index contributed by atoms with van der Waals surface area (Å²) in [5.41, 5.74) is -3.95. The minimum atomic E-state index is -5.26. The second-order valence-corrected chi connectivity index (χ2v) is 5.50. The molecule has 10 heteroatoms. The summed E-state index contributed by atoms with van der Waals surface area (Å²) in [6.45, 7) is 1.19. The molecule has 0 aliphatic carbocycles. The van der Waals surface area contributed by atoms with Gasteiger partial charge in [0.25, 0.3) is 5.72 Å². The maximum absolute atomic E-state index is 14.1. The molecule has 0 spiro atoms. The van der Waals surface area contributed by atoms with Crippen molar-refractivity contribution in [2.45, 2.75) is 24.9 Å². The highest BCUT2D eigenvalue weighted by Crippen LogP contribution is 2.43. The first-order valence-corrected chi connectivity index (χ1v) is 7.31. The van der Waals surface area contributed by atoms with Crippen molar-refractivity contribution in [3.05, 3.63) is 35.6 Å². The Hall–Kier alpha value is -1.94. The lowest BCUT2D eigenvalue weighted by molar-refractivity contribution is -0.292. The Balaban J connectivity index is 2.60. The molecule has 132 valence electrons. The highest BCUT2D eigenvalue weighted by atomic mass is 32.1. The Labute approximate surface area is 140 Å². The lowest BCUT2D eigenvalue weighted by Crippen LogP contribution is -2.73. The van der Waals surface area contributed by atoms with Gasteiger partial charge in [-0.1, -0.05) is 18.2 Å². The van der Waals surface area contributed by atoms with Crippen LogP contribution < -0.4 is 10.6 Å². The standard InChI is InChI=1S/C14H14F4N2O3S/c1-2-23-11(21)9-10(7-5-3-4-6-8(7)15)19-12(24)20-13(9,22)14(16,17)18/h3-6,9-10,22H,2H2,1H3,(H2,19,20,24)/t9-,10+,13-/m0/s1. The second-order valence-electron chi connectivity index (χ2n) is 5.09. The zero-order valence-electron chi connectivity index (χ0n) is 12.4. The lowest BCUT2D eigenvalue weighted by atomic mass is 9.82. The Morgan fingerprint density at radius 2 is 2.04 bits per heavy atom. The van der Waals surface area contributed by atoms with Crippen LogP contribution in [0.3, 0.4) is 0 Å². The number of hydrogen-bond acceptors (Lipinski definition) is 4. The SMILES string of the molecule is CCOC(=O)[C@@H]1[C@@H](c2ccccc2F)NC(=S)N[C@@]1(O)C(F)(F)F. The van der Waals surface area contributed by atoms with Gasteiger partial charge in [0.05, 0.1) is 12.6 Å². The maximum atomic E-state index is 14.1. The van der Waals surface area contributed by atoms with Crippen molar-refractivity contribution >= 4 is 23.3 Å². The van der Waals surface area contributed by atoms with E-state index >= 15 is 0 Å². The van der Waals surface area contributed by atoms with Crippen molar-refractivity contribution in [2.24, 2.45) is 5.92 Å². The van der Waals surface area contributed by atoms with Crippen LogP contribution in [0, 0.1) is 11.7 Å². The number of esters is 1. The van der Waals surface area contributed by atoms with Gasteiger partial charge < -0.3 is 20.5 Å². The van der Waals surface area contributed by atoms with Gasteiger partial charge in [0.1, 0.15) is 11.7 Å². The first-order valence-electron chi connectivity index (χ1n) is 6.90. The molecule has 1 aliphatic heterocycles. The van der Waals surface area contributed by atoms with Gasteiger partial charge >= 0.3 is 12.1 Å². The summed E-state index contributed by atoms with van der Waals surface area (Å²) >= 11 is 4.69. The molecule has 3 N–H and O–H groups in total. The predicted octanol–water partition coefficient (Wildman–Crippen LogP) is 1.77. The predicted molar refractivity (Wildman–Crippen MR) is 79.1 cm³/mol. The number of carbonyl (C=O) groups is 1. The zero-order chi connectivity index (χ0) is 18.1. The molecule has 24 heavy (non-hydrogen) atoms. The van der Waals surface area contributed by atoms with Crippen molar-refractivity contribution < 1.29 is 32.2 Å². The average molecular weight is 366 g/mol. The first-order chi connectivity index (χ1) is 11.1. The second kappa shape index (κ2) is 6.52. The monoisotopic (exact) mass is 366 g/mol. The number of ether oxygens (including phenoxy) is 1. The van der Waals surface area contributed by atoms with Gasteiger partial charge in [0.15, 0.2) is 5.11 Å². The van der Waals surface area contributed by atoms with Crippen molar-refractivity contribution in [2.75, 3.05) is 6.61 Å². The maximum Gasteiger partial charge on any atom is 0.437 e. The Morgan fingerprint density at radius 1 is 1.42 bits per heavy atom. The molecule has 0 saturated carbocycles. The fraction of sp³-hybridized carbons (Fsp3) is 0.429. The molecule has 1 aromatic carbocycles. The molecule has 0 bridgehead atoms. The number of aliphatic hydroxyl groups is 1. The number of nitrogens with one attached hydrogen (secondary N) is 2. The van der Waals surface area contributed by atoms with E-state index in [0.29, 0.717) is 0 Å². The van der Waals surface area contributed by atoms with Gasteiger partial charge in [-0.3, -0.25) is 4.79 Å². The number of carbonyl (C=O) groups excluding carboxylic acids is 1. The van der Waals surface area contributed by atoms with Crippen molar-refractivity contribution in [3.63, 3.8) is 0 Å². The summed E-state index contributed by atoms with van der Waals surface area (Å²) < 4.78 is 59.0. The molecule has 0 aromatic heterocycles. The van der Waals surface area contributed by atoms with Crippen molar-refractivity contribution in [3.8, 4) is 0 Å². The molecule has 0 unspecified atom stereocenters. The molecule has 1 fully saturated rings. The number of alkyl halides is 3. The molecule has 1 aromatic rings. The van der Waals surface area contributed by atoms with Gasteiger partial charge in [0.2, 0.25) is 0 Å².